The van der Waals surface area contributed by atoms with Crippen molar-refractivity contribution in [3.05, 3.63) is 41.7 Å². The number of primary amides is 1. The Morgan fingerprint density at radius 3 is 2.93 bits per heavy atom. The maximum atomic E-state index is 11.9. The number of nitrogens with two attached hydrogens (primary N) is 1. The van der Waals surface area contributed by atoms with Gasteiger partial charge in [0.25, 0.3) is 0 Å². The molecule has 7 nitrogen and oxygen atoms in total. The zero-order valence-corrected chi connectivity index (χ0v) is 16.4. The van der Waals surface area contributed by atoms with E-state index in [1.54, 1.807) is 13.3 Å². The third-order valence-corrected chi connectivity index (χ3v) is 5.90. The molecule has 0 radical (unpaired) electrons. The van der Waals surface area contributed by atoms with Crippen LogP contribution in [0.4, 0.5) is 0 Å². The zero-order chi connectivity index (χ0) is 20.0. The molecular weight excluding hydrogens is 368 g/mol. The molecule has 1 amide bonds. The standard InChI is InChI=1S/C22H24N4O3/c1-28-20-7-6-15(12-24-20)26-18-3-2-8-29-19-11-13(10-17(25-26)21(18)19)9-16(22(23)27)14-4-5-14/h6-7,10-12,14,16H,2-5,8-9H2,1H3,(H2,23,27)/t16-/m0/s1. The highest BCUT2D eigenvalue weighted by Crippen LogP contribution is 2.40. The molecule has 1 aliphatic heterocycles. The van der Waals surface area contributed by atoms with Crippen molar-refractivity contribution >= 4 is 16.8 Å². The lowest BCUT2D eigenvalue weighted by molar-refractivity contribution is -0.122. The van der Waals surface area contributed by atoms with Gasteiger partial charge in [-0.05, 0) is 61.8 Å². The third-order valence-electron chi connectivity index (χ3n) is 5.90. The summed E-state index contributed by atoms with van der Waals surface area (Å²) in [6, 6.07) is 7.92. The van der Waals surface area contributed by atoms with E-state index in [4.69, 9.17) is 20.3 Å². The molecule has 1 atom stereocenters. The Morgan fingerprint density at radius 1 is 1.38 bits per heavy atom. The minimum absolute atomic E-state index is 0.113. The van der Waals surface area contributed by atoms with Crippen LogP contribution in [-0.4, -0.2) is 34.4 Å². The van der Waals surface area contributed by atoms with Crippen LogP contribution in [0.5, 0.6) is 11.6 Å². The van der Waals surface area contributed by atoms with Gasteiger partial charge in [-0.25, -0.2) is 9.67 Å². The van der Waals surface area contributed by atoms with Crippen LogP contribution in [0.2, 0.25) is 0 Å². The first-order valence-electron chi connectivity index (χ1n) is 10.1. The zero-order valence-electron chi connectivity index (χ0n) is 16.4. The number of rotatable bonds is 6. The summed E-state index contributed by atoms with van der Waals surface area (Å²) in [5, 5.41) is 5.91. The highest BCUT2D eigenvalue weighted by molar-refractivity contribution is 5.90. The minimum atomic E-state index is -0.213. The summed E-state index contributed by atoms with van der Waals surface area (Å²) < 4.78 is 13.2. The van der Waals surface area contributed by atoms with E-state index in [0.29, 0.717) is 24.8 Å². The molecule has 7 heteroatoms. The fourth-order valence-corrected chi connectivity index (χ4v) is 4.27. The van der Waals surface area contributed by atoms with Crippen LogP contribution in [0.15, 0.2) is 30.5 Å². The molecule has 0 unspecified atom stereocenters. The molecule has 1 aromatic carbocycles. The van der Waals surface area contributed by atoms with Gasteiger partial charge >= 0.3 is 0 Å². The van der Waals surface area contributed by atoms with E-state index in [0.717, 1.165) is 59.3 Å². The number of ether oxygens (including phenoxy) is 2. The summed E-state index contributed by atoms with van der Waals surface area (Å²) in [6.07, 6.45) is 6.37. The molecule has 150 valence electrons. The number of hydrogen-bond acceptors (Lipinski definition) is 5. The lowest BCUT2D eigenvalue weighted by atomic mass is 9.93. The molecule has 29 heavy (non-hydrogen) atoms. The molecule has 2 aromatic heterocycles. The average Bonchev–Trinajstić information content (AvgIpc) is 3.52. The summed E-state index contributed by atoms with van der Waals surface area (Å²) in [4.78, 5) is 16.2. The Labute approximate surface area is 168 Å². The first kappa shape index (κ1) is 18.0. The molecule has 3 aromatic rings. The summed E-state index contributed by atoms with van der Waals surface area (Å²) in [6.45, 7) is 0.663. The summed E-state index contributed by atoms with van der Waals surface area (Å²) >= 11 is 0. The molecule has 1 saturated carbocycles. The van der Waals surface area contributed by atoms with Crippen molar-refractivity contribution in [1.29, 1.82) is 0 Å². The molecule has 5 rings (SSSR count). The number of hydrogen-bond donors (Lipinski definition) is 1. The number of carbonyl (C=O) groups is 1. The summed E-state index contributed by atoms with van der Waals surface area (Å²) in [5.74, 6) is 1.51. The predicted molar refractivity (Wildman–Crippen MR) is 108 cm³/mol. The number of methoxy groups -OCH3 is 1. The second-order valence-electron chi connectivity index (χ2n) is 7.91. The second-order valence-corrected chi connectivity index (χ2v) is 7.91. The Kier molecular flexibility index (Phi) is 4.38. The Hall–Kier alpha value is -3.09. The molecule has 1 fully saturated rings. The fraction of sp³-hybridized carbons (Fsp3) is 0.409. The van der Waals surface area contributed by atoms with Crippen LogP contribution in [-0.2, 0) is 17.6 Å². The third kappa shape index (κ3) is 3.30. The normalized spacial score (nSPS) is 16.9. The Morgan fingerprint density at radius 2 is 2.24 bits per heavy atom. The van der Waals surface area contributed by atoms with Crippen molar-refractivity contribution in [2.75, 3.05) is 13.7 Å². The number of pyridine rings is 1. The SMILES string of the molecule is COc1ccc(-n2nc3cc(C[C@H](C(N)=O)C4CC4)cc4c3c2CCCO4)cn1. The number of carbonyl (C=O) groups excluding carboxylic acids is 1. The maximum Gasteiger partial charge on any atom is 0.221 e. The van der Waals surface area contributed by atoms with Gasteiger partial charge < -0.3 is 15.2 Å². The molecular formula is C22H24N4O3. The van der Waals surface area contributed by atoms with Crippen molar-refractivity contribution in [1.82, 2.24) is 14.8 Å². The van der Waals surface area contributed by atoms with Gasteiger partial charge in [0.1, 0.15) is 5.75 Å². The van der Waals surface area contributed by atoms with E-state index >= 15 is 0 Å². The van der Waals surface area contributed by atoms with Crippen LogP contribution in [0.3, 0.4) is 0 Å². The largest absolute Gasteiger partial charge is 0.493 e. The van der Waals surface area contributed by atoms with Crippen LogP contribution < -0.4 is 15.2 Å². The molecule has 0 saturated heterocycles. The van der Waals surface area contributed by atoms with Gasteiger partial charge in [-0.1, -0.05) is 0 Å². The van der Waals surface area contributed by atoms with Gasteiger partial charge in [0.2, 0.25) is 11.8 Å². The van der Waals surface area contributed by atoms with Crippen LogP contribution >= 0.6 is 0 Å². The van der Waals surface area contributed by atoms with E-state index in [-0.39, 0.29) is 11.8 Å². The van der Waals surface area contributed by atoms with Gasteiger partial charge in [-0.2, -0.15) is 5.10 Å². The van der Waals surface area contributed by atoms with Crippen molar-refractivity contribution in [2.24, 2.45) is 17.6 Å². The van der Waals surface area contributed by atoms with Gasteiger partial charge in [-0.15, -0.1) is 0 Å². The number of aryl methyl sites for hydroxylation is 1. The molecule has 1 aliphatic carbocycles. The van der Waals surface area contributed by atoms with Crippen LogP contribution in [0, 0.1) is 11.8 Å². The quantitative estimate of drug-likeness (QED) is 0.696. The fourth-order valence-electron chi connectivity index (χ4n) is 4.27. The van der Waals surface area contributed by atoms with Gasteiger partial charge in [0.05, 0.1) is 42.2 Å². The van der Waals surface area contributed by atoms with Crippen molar-refractivity contribution in [3.63, 3.8) is 0 Å². The van der Waals surface area contributed by atoms with Crippen LogP contribution in [0.1, 0.15) is 30.5 Å². The van der Waals surface area contributed by atoms with E-state index < -0.39 is 0 Å². The smallest absolute Gasteiger partial charge is 0.221 e. The lowest BCUT2D eigenvalue weighted by Crippen LogP contribution is -2.26. The molecule has 0 bridgehead atoms. The van der Waals surface area contributed by atoms with E-state index in [9.17, 15) is 4.79 Å². The number of benzene rings is 1. The van der Waals surface area contributed by atoms with Crippen molar-refractivity contribution < 1.29 is 14.3 Å². The van der Waals surface area contributed by atoms with E-state index in [2.05, 4.69) is 17.1 Å². The topological polar surface area (TPSA) is 92.3 Å². The summed E-state index contributed by atoms with van der Waals surface area (Å²) in [7, 11) is 1.60. The Balaban J connectivity index is 1.59. The first-order chi connectivity index (χ1) is 14.1. The molecule has 2 N–H and O–H groups in total. The predicted octanol–water partition coefficient (Wildman–Crippen LogP) is 2.81. The van der Waals surface area contributed by atoms with Crippen molar-refractivity contribution in [3.8, 4) is 17.3 Å². The van der Waals surface area contributed by atoms with Gasteiger partial charge in [-0.3, -0.25) is 4.79 Å². The monoisotopic (exact) mass is 392 g/mol. The van der Waals surface area contributed by atoms with Crippen molar-refractivity contribution in [2.45, 2.75) is 32.1 Å². The molecule has 0 spiro atoms. The highest BCUT2D eigenvalue weighted by Gasteiger charge is 2.35. The summed E-state index contributed by atoms with van der Waals surface area (Å²) in [5.41, 5.74) is 9.61. The number of nitrogens with zero attached hydrogens (tertiary/aromatic N) is 3. The lowest BCUT2D eigenvalue weighted by Gasteiger charge is -2.13. The minimum Gasteiger partial charge on any atom is -0.493 e. The first-order valence-corrected chi connectivity index (χ1v) is 10.1. The van der Waals surface area contributed by atoms with E-state index in [1.807, 2.05) is 16.8 Å². The van der Waals surface area contributed by atoms with Crippen LogP contribution in [0.25, 0.3) is 16.6 Å². The highest BCUT2D eigenvalue weighted by atomic mass is 16.5. The number of aromatic nitrogens is 3. The maximum absolute atomic E-state index is 11.9. The second kappa shape index (κ2) is 7.06. The molecule has 3 heterocycles. The number of amides is 1. The van der Waals surface area contributed by atoms with Gasteiger partial charge in [0, 0.05) is 12.0 Å². The Bertz CT molecular complexity index is 1070. The van der Waals surface area contributed by atoms with Gasteiger partial charge in [0.15, 0.2) is 0 Å². The van der Waals surface area contributed by atoms with E-state index in [1.165, 1.54) is 0 Å². The molecule has 2 aliphatic rings. The average molecular weight is 392 g/mol.